The van der Waals surface area contributed by atoms with Gasteiger partial charge in [0.1, 0.15) is 23.2 Å². The SMILES string of the molecule is O=C(c1cccc(Cl)c1)N1CCCC1c1nc2cc(-c3ccc(F)cc3F)ccc2o1. The number of carbonyl (C=O) groups is 1. The fourth-order valence-electron chi connectivity index (χ4n) is 4.03. The van der Waals surface area contributed by atoms with E-state index in [2.05, 4.69) is 4.98 Å². The second-order valence-corrected chi connectivity index (χ2v) is 7.96. The van der Waals surface area contributed by atoms with Crippen LogP contribution in [0.5, 0.6) is 0 Å². The Morgan fingerprint density at radius 3 is 2.77 bits per heavy atom. The number of benzene rings is 3. The van der Waals surface area contributed by atoms with Crippen LogP contribution >= 0.6 is 11.6 Å². The maximum Gasteiger partial charge on any atom is 0.254 e. The number of likely N-dealkylation sites (tertiary alicyclic amines) is 1. The molecule has 1 unspecified atom stereocenters. The van der Waals surface area contributed by atoms with Crippen LogP contribution in [0.3, 0.4) is 0 Å². The lowest BCUT2D eigenvalue weighted by atomic mass is 10.0. The molecule has 3 aromatic carbocycles. The van der Waals surface area contributed by atoms with Gasteiger partial charge in [-0.15, -0.1) is 0 Å². The van der Waals surface area contributed by atoms with Gasteiger partial charge in [-0.1, -0.05) is 23.7 Å². The van der Waals surface area contributed by atoms with E-state index in [4.69, 9.17) is 16.0 Å². The molecular formula is C24H17ClF2N2O2. The van der Waals surface area contributed by atoms with Crippen molar-refractivity contribution in [2.75, 3.05) is 6.54 Å². The number of nitrogens with zero attached hydrogens (tertiary/aromatic N) is 2. The molecule has 1 saturated heterocycles. The van der Waals surface area contributed by atoms with Gasteiger partial charge < -0.3 is 9.32 Å². The van der Waals surface area contributed by atoms with E-state index in [1.54, 1.807) is 47.4 Å². The molecule has 1 aliphatic heterocycles. The van der Waals surface area contributed by atoms with Crippen molar-refractivity contribution >= 4 is 28.6 Å². The number of halogens is 3. The molecule has 1 aliphatic rings. The van der Waals surface area contributed by atoms with Gasteiger partial charge in [-0.05, 0) is 60.9 Å². The van der Waals surface area contributed by atoms with Gasteiger partial charge in [0.15, 0.2) is 5.58 Å². The van der Waals surface area contributed by atoms with Gasteiger partial charge in [-0.25, -0.2) is 13.8 Å². The first kappa shape index (κ1) is 19.7. The summed E-state index contributed by atoms with van der Waals surface area (Å²) in [6.45, 7) is 0.598. The minimum atomic E-state index is -0.642. The quantitative estimate of drug-likeness (QED) is 0.371. The highest BCUT2D eigenvalue weighted by Gasteiger charge is 2.34. The zero-order chi connectivity index (χ0) is 21.5. The van der Waals surface area contributed by atoms with Gasteiger partial charge in [-0.3, -0.25) is 4.79 Å². The van der Waals surface area contributed by atoms with E-state index in [9.17, 15) is 13.6 Å². The van der Waals surface area contributed by atoms with Crippen LogP contribution in [0.4, 0.5) is 8.78 Å². The summed E-state index contributed by atoms with van der Waals surface area (Å²) >= 11 is 6.04. The first-order valence-corrected chi connectivity index (χ1v) is 10.3. The second-order valence-electron chi connectivity index (χ2n) is 7.53. The van der Waals surface area contributed by atoms with Crippen molar-refractivity contribution in [2.24, 2.45) is 0 Å². The average Bonchev–Trinajstić information content (AvgIpc) is 3.39. The molecule has 0 aliphatic carbocycles. The van der Waals surface area contributed by atoms with Crippen LogP contribution in [0.15, 0.2) is 65.1 Å². The summed E-state index contributed by atoms with van der Waals surface area (Å²) < 4.78 is 33.4. The Balaban J connectivity index is 1.47. The Morgan fingerprint density at radius 2 is 1.97 bits per heavy atom. The molecule has 1 fully saturated rings. The lowest BCUT2D eigenvalue weighted by Gasteiger charge is -2.22. The zero-order valence-electron chi connectivity index (χ0n) is 16.3. The zero-order valence-corrected chi connectivity index (χ0v) is 17.1. The molecule has 0 spiro atoms. The lowest BCUT2D eigenvalue weighted by molar-refractivity contribution is 0.0717. The van der Waals surface area contributed by atoms with E-state index in [0.29, 0.717) is 39.7 Å². The Morgan fingerprint density at radius 1 is 1.10 bits per heavy atom. The van der Waals surface area contributed by atoms with Gasteiger partial charge in [0.05, 0.1) is 0 Å². The molecule has 5 rings (SSSR count). The minimum absolute atomic E-state index is 0.124. The van der Waals surface area contributed by atoms with Crippen molar-refractivity contribution in [2.45, 2.75) is 18.9 Å². The summed E-state index contributed by atoms with van der Waals surface area (Å²) in [7, 11) is 0. The standard InChI is InChI=1S/C24H17ClF2N2O2/c25-16-4-1-3-15(11-16)24(30)29-10-2-5-21(29)23-28-20-12-14(6-9-22(20)31-23)18-8-7-17(26)13-19(18)27/h1,3-4,6-9,11-13,21H,2,5,10H2. The molecule has 0 bridgehead atoms. The summed E-state index contributed by atoms with van der Waals surface area (Å²) in [5.41, 5.74) is 2.47. The highest BCUT2D eigenvalue weighted by Crippen LogP contribution is 2.35. The molecular weight excluding hydrogens is 422 g/mol. The molecule has 1 aromatic heterocycles. The van der Waals surface area contributed by atoms with Crippen molar-refractivity contribution in [1.29, 1.82) is 0 Å². The van der Waals surface area contributed by atoms with Crippen molar-refractivity contribution < 1.29 is 18.0 Å². The van der Waals surface area contributed by atoms with Crippen LogP contribution in [-0.4, -0.2) is 22.3 Å². The lowest BCUT2D eigenvalue weighted by Crippen LogP contribution is -2.30. The number of fused-ring (bicyclic) bond motifs is 1. The first-order valence-electron chi connectivity index (χ1n) is 9.92. The Kier molecular flexibility index (Phi) is 4.94. The van der Waals surface area contributed by atoms with Gasteiger partial charge >= 0.3 is 0 Å². The van der Waals surface area contributed by atoms with Crippen LogP contribution in [-0.2, 0) is 0 Å². The molecule has 1 amide bonds. The molecule has 31 heavy (non-hydrogen) atoms. The van der Waals surface area contributed by atoms with E-state index in [1.165, 1.54) is 12.1 Å². The van der Waals surface area contributed by atoms with Gasteiger partial charge in [0.2, 0.25) is 5.89 Å². The van der Waals surface area contributed by atoms with E-state index in [1.807, 2.05) is 0 Å². The van der Waals surface area contributed by atoms with Crippen molar-refractivity contribution in [3.63, 3.8) is 0 Å². The first-order chi connectivity index (χ1) is 15.0. The molecule has 1 atom stereocenters. The largest absolute Gasteiger partial charge is 0.438 e. The van der Waals surface area contributed by atoms with Crippen LogP contribution in [0.25, 0.3) is 22.2 Å². The topological polar surface area (TPSA) is 46.3 Å². The van der Waals surface area contributed by atoms with E-state index in [-0.39, 0.29) is 17.5 Å². The van der Waals surface area contributed by atoms with Crippen LogP contribution < -0.4 is 0 Å². The maximum atomic E-state index is 14.2. The number of hydrogen-bond acceptors (Lipinski definition) is 3. The summed E-state index contributed by atoms with van der Waals surface area (Å²) in [6.07, 6.45) is 1.57. The van der Waals surface area contributed by atoms with Gasteiger partial charge in [0, 0.05) is 28.8 Å². The third-order valence-corrected chi connectivity index (χ3v) is 5.75. The minimum Gasteiger partial charge on any atom is -0.438 e. The third-order valence-electron chi connectivity index (χ3n) is 5.52. The number of amides is 1. The highest BCUT2D eigenvalue weighted by molar-refractivity contribution is 6.30. The number of rotatable bonds is 3. The maximum absolute atomic E-state index is 14.2. The molecule has 0 saturated carbocycles. The predicted molar refractivity (Wildman–Crippen MR) is 114 cm³/mol. The molecule has 7 heteroatoms. The molecule has 156 valence electrons. The molecule has 0 N–H and O–H groups in total. The average molecular weight is 439 g/mol. The summed E-state index contributed by atoms with van der Waals surface area (Å²) in [5.74, 6) is -0.949. The van der Waals surface area contributed by atoms with Crippen molar-refractivity contribution in [1.82, 2.24) is 9.88 Å². The number of oxazole rings is 1. The van der Waals surface area contributed by atoms with Crippen LogP contribution in [0, 0.1) is 11.6 Å². The summed E-state index contributed by atoms with van der Waals surface area (Å²) in [6, 6.07) is 15.2. The van der Waals surface area contributed by atoms with Crippen molar-refractivity contribution in [3.8, 4) is 11.1 Å². The van der Waals surface area contributed by atoms with E-state index < -0.39 is 11.6 Å². The highest BCUT2D eigenvalue weighted by atomic mass is 35.5. The molecule has 0 radical (unpaired) electrons. The number of hydrogen-bond donors (Lipinski definition) is 0. The normalized spacial score (nSPS) is 16.2. The fourth-order valence-corrected chi connectivity index (χ4v) is 4.22. The summed E-state index contributed by atoms with van der Waals surface area (Å²) in [4.78, 5) is 19.4. The van der Waals surface area contributed by atoms with Crippen molar-refractivity contribution in [3.05, 3.63) is 88.8 Å². The number of carbonyl (C=O) groups excluding carboxylic acids is 1. The molecule has 2 heterocycles. The van der Waals surface area contributed by atoms with Gasteiger partial charge in [-0.2, -0.15) is 0 Å². The molecule has 4 nitrogen and oxygen atoms in total. The summed E-state index contributed by atoms with van der Waals surface area (Å²) in [5, 5.41) is 0.504. The van der Waals surface area contributed by atoms with E-state index >= 15 is 0 Å². The third kappa shape index (κ3) is 3.68. The predicted octanol–water partition coefficient (Wildman–Crippen LogP) is 6.40. The van der Waals surface area contributed by atoms with Gasteiger partial charge in [0.25, 0.3) is 5.91 Å². The number of aromatic nitrogens is 1. The second kappa shape index (κ2) is 7.78. The monoisotopic (exact) mass is 438 g/mol. The van der Waals surface area contributed by atoms with Crippen LogP contribution in [0.1, 0.15) is 35.1 Å². The smallest absolute Gasteiger partial charge is 0.254 e. The Labute approximate surface area is 182 Å². The Hall–Kier alpha value is -3.25. The van der Waals surface area contributed by atoms with E-state index in [0.717, 1.165) is 18.9 Å². The van der Waals surface area contributed by atoms with Crippen LogP contribution in [0.2, 0.25) is 5.02 Å². The Bertz CT molecular complexity index is 1300. The fraction of sp³-hybridized carbons (Fsp3) is 0.167. The molecule has 4 aromatic rings.